The second kappa shape index (κ2) is 6.92. The average molecular weight is 352 g/mol. The van der Waals surface area contributed by atoms with Gasteiger partial charge in [0.25, 0.3) is 17.3 Å². The number of rotatable bonds is 5. The molecule has 9 nitrogen and oxygen atoms in total. The van der Waals surface area contributed by atoms with Crippen molar-refractivity contribution < 1.29 is 19.4 Å². The Morgan fingerprint density at radius 1 is 1.12 bits per heavy atom. The first-order valence-electron chi connectivity index (χ1n) is 6.41. The van der Waals surface area contributed by atoms with Gasteiger partial charge in [-0.25, -0.2) is 0 Å². The number of carbonyl (C=O) groups excluding carboxylic acids is 1. The number of carbonyl (C=O) groups is 1. The Labute approximate surface area is 140 Å². The summed E-state index contributed by atoms with van der Waals surface area (Å²) < 4.78 is 5.04. The van der Waals surface area contributed by atoms with E-state index in [-0.39, 0.29) is 22.0 Å². The minimum absolute atomic E-state index is 0.0673. The van der Waals surface area contributed by atoms with Gasteiger partial charge in [0.2, 0.25) is 0 Å². The molecule has 1 N–H and O–H groups in total. The maximum Gasteiger partial charge on any atom is 0.299 e. The van der Waals surface area contributed by atoms with E-state index in [1.807, 2.05) is 0 Å². The van der Waals surface area contributed by atoms with Gasteiger partial charge in [0.05, 0.1) is 28.6 Å². The fourth-order valence-electron chi connectivity index (χ4n) is 1.94. The lowest BCUT2D eigenvalue weighted by Crippen LogP contribution is -2.14. The standard InChI is InChI=1S/C14H10ClN3O6/c1-24-13-5-2-8(15)6-10(13)14(19)16-11-4-3-9(17(20)21)7-12(11)18(22)23/h2-7H,1H3,(H,16,19). The zero-order chi connectivity index (χ0) is 17.9. The first kappa shape index (κ1) is 17.2. The molecule has 124 valence electrons. The average Bonchev–Trinajstić information content (AvgIpc) is 2.54. The highest BCUT2D eigenvalue weighted by atomic mass is 35.5. The lowest BCUT2D eigenvalue weighted by Gasteiger charge is -2.10. The molecule has 0 spiro atoms. The van der Waals surface area contributed by atoms with Crippen molar-refractivity contribution in [1.29, 1.82) is 0 Å². The molecule has 0 aromatic heterocycles. The van der Waals surface area contributed by atoms with Gasteiger partial charge in [-0.05, 0) is 24.3 Å². The van der Waals surface area contributed by atoms with Gasteiger partial charge < -0.3 is 10.1 Å². The molecule has 0 aliphatic heterocycles. The van der Waals surface area contributed by atoms with E-state index in [4.69, 9.17) is 16.3 Å². The Balaban J connectivity index is 2.41. The van der Waals surface area contributed by atoms with Gasteiger partial charge in [-0.3, -0.25) is 25.0 Å². The summed E-state index contributed by atoms with van der Waals surface area (Å²) in [4.78, 5) is 32.5. The molecule has 0 radical (unpaired) electrons. The highest BCUT2D eigenvalue weighted by molar-refractivity contribution is 6.31. The number of nitro groups is 2. The number of methoxy groups -OCH3 is 1. The van der Waals surface area contributed by atoms with Gasteiger partial charge in [0.15, 0.2) is 0 Å². The van der Waals surface area contributed by atoms with E-state index in [9.17, 15) is 25.0 Å². The van der Waals surface area contributed by atoms with Gasteiger partial charge in [0.1, 0.15) is 11.4 Å². The van der Waals surface area contributed by atoms with E-state index >= 15 is 0 Å². The number of nitro benzene ring substituents is 2. The molecule has 1 amide bonds. The number of benzene rings is 2. The van der Waals surface area contributed by atoms with Crippen molar-refractivity contribution in [2.24, 2.45) is 0 Å². The zero-order valence-corrected chi connectivity index (χ0v) is 12.9. The molecule has 0 aliphatic rings. The molecular formula is C14H10ClN3O6. The third kappa shape index (κ3) is 3.58. The van der Waals surface area contributed by atoms with Gasteiger partial charge in [-0.1, -0.05) is 11.6 Å². The number of hydrogen-bond donors (Lipinski definition) is 1. The summed E-state index contributed by atoms with van der Waals surface area (Å²) in [6, 6.07) is 7.24. The number of amides is 1. The molecular weight excluding hydrogens is 342 g/mol. The van der Waals surface area contributed by atoms with E-state index in [0.717, 1.165) is 18.2 Å². The molecule has 0 saturated heterocycles. The largest absolute Gasteiger partial charge is 0.496 e. The van der Waals surface area contributed by atoms with Crippen molar-refractivity contribution in [2.75, 3.05) is 12.4 Å². The Kier molecular flexibility index (Phi) is 4.95. The van der Waals surface area contributed by atoms with Crippen LogP contribution >= 0.6 is 11.6 Å². The van der Waals surface area contributed by atoms with E-state index in [2.05, 4.69) is 5.32 Å². The Hall–Kier alpha value is -3.20. The summed E-state index contributed by atoms with van der Waals surface area (Å²) in [6.45, 7) is 0. The van der Waals surface area contributed by atoms with Gasteiger partial charge in [-0.2, -0.15) is 0 Å². The van der Waals surface area contributed by atoms with E-state index in [1.54, 1.807) is 0 Å². The number of halogens is 1. The third-order valence-electron chi connectivity index (χ3n) is 3.04. The lowest BCUT2D eigenvalue weighted by molar-refractivity contribution is -0.393. The summed E-state index contributed by atoms with van der Waals surface area (Å²) in [5.41, 5.74) is -1.17. The number of anilines is 1. The minimum atomic E-state index is -0.822. The summed E-state index contributed by atoms with van der Waals surface area (Å²) in [5.74, 6) is -0.479. The zero-order valence-electron chi connectivity index (χ0n) is 12.2. The molecule has 0 heterocycles. The molecule has 10 heteroatoms. The fraction of sp³-hybridized carbons (Fsp3) is 0.0714. The SMILES string of the molecule is COc1ccc(Cl)cc1C(=O)Nc1ccc([N+](=O)[O-])cc1[N+](=O)[O-]. The van der Waals surface area contributed by atoms with Crippen molar-refractivity contribution in [3.63, 3.8) is 0 Å². The number of nitrogens with zero attached hydrogens (tertiary/aromatic N) is 2. The first-order valence-corrected chi connectivity index (χ1v) is 6.79. The topological polar surface area (TPSA) is 125 Å². The van der Waals surface area contributed by atoms with Crippen LogP contribution in [0.3, 0.4) is 0 Å². The molecule has 0 bridgehead atoms. The van der Waals surface area contributed by atoms with E-state index < -0.39 is 27.1 Å². The normalized spacial score (nSPS) is 10.1. The van der Waals surface area contributed by atoms with Crippen molar-refractivity contribution in [3.8, 4) is 5.75 Å². The second-order valence-corrected chi connectivity index (χ2v) is 4.95. The quantitative estimate of drug-likeness (QED) is 0.650. The number of hydrogen-bond acceptors (Lipinski definition) is 6. The molecule has 2 aromatic carbocycles. The molecule has 0 saturated carbocycles. The van der Waals surface area contributed by atoms with Crippen LogP contribution in [-0.4, -0.2) is 22.9 Å². The van der Waals surface area contributed by atoms with Crippen molar-refractivity contribution >= 4 is 34.6 Å². The van der Waals surface area contributed by atoms with Crippen LogP contribution in [0.4, 0.5) is 17.1 Å². The fourth-order valence-corrected chi connectivity index (χ4v) is 2.11. The Morgan fingerprint density at radius 3 is 2.42 bits per heavy atom. The Morgan fingerprint density at radius 2 is 1.83 bits per heavy atom. The van der Waals surface area contributed by atoms with Crippen LogP contribution in [-0.2, 0) is 0 Å². The summed E-state index contributed by atoms with van der Waals surface area (Å²) >= 11 is 5.84. The van der Waals surface area contributed by atoms with Gasteiger partial charge in [-0.15, -0.1) is 0 Å². The predicted molar refractivity (Wildman–Crippen MR) is 85.7 cm³/mol. The Bertz CT molecular complexity index is 839. The van der Waals surface area contributed by atoms with E-state index in [1.165, 1.54) is 25.3 Å². The number of non-ortho nitro benzene ring substituents is 1. The molecule has 2 aromatic rings. The molecule has 2 rings (SSSR count). The van der Waals surface area contributed by atoms with Crippen LogP contribution < -0.4 is 10.1 Å². The van der Waals surface area contributed by atoms with Gasteiger partial charge in [0, 0.05) is 11.1 Å². The van der Waals surface area contributed by atoms with E-state index in [0.29, 0.717) is 0 Å². The monoisotopic (exact) mass is 351 g/mol. The third-order valence-corrected chi connectivity index (χ3v) is 3.28. The van der Waals surface area contributed by atoms with Crippen LogP contribution in [0.2, 0.25) is 5.02 Å². The maximum atomic E-state index is 12.3. The van der Waals surface area contributed by atoms with Crippen LogP contribution in [0, 0.1) is 20.2 Å². The molecule has 0 aliphatic carbocycles. The second-order valence-electron chi connectivity index (χ2n) is 4.51. The number of ether oxygens (including phenoxy) is 1. The van der Waals surface area contributed by atoms with Gasteiger partial charge >= 0.3 is 0 Å². The van der Waals surface area contributed by atoms with Crippen LogP contribution in [0.15, 0.2) is 36.4 Å². The smallest absolute Gasteiger partial charge is 0.299 e. The van der Waals surface area contributed by atoms with Crippen molar-refractivity contribution in [1.82, 2.24) is 0 Å². The molecule has 0 unspecified atom stereocenters. The molecule has 24 heavy (non-hydrogen) atoms. The molecule has 0 atom stereocenters. The highest BCUT2D eigenvalue weighted by Gasteiger charge is 2.22. The summed E-state index contributed by atoms with van der Waals surface area (Å²) in [7, 11) is 1.36. The van der Waals surface area contributed by atoms with Crippen LogP contribution in [0.5, 0.6) is 5.75 Å². The first-order chi connectivity index (χ1) is 11.3. The van der Waals surface area contributed by atoms with Crippen molar-refractivity contribution in [2.45, 2.75) is 0 Å². The summed E-state index contributed by atoms with van der Waals surface area (Å²) in [6.07, 6.45) is 0. The summed E-state index contributed by atoms with van der Waals surface area (Å²) in [5, 5.41) is 24.4. The van der Waals surface area contributed by atoms with Crippen LogP contribution in [0.25, 0.3) is 0 Å². The lowest BCUT2D eigenvalue weighted by atomic mass is 10.1. The minimum Gasteiger partial charge on any atom is -0.496 e. The predicted octanol–water partition coefficient (Wildman–Crippen LogP) is 3.42. The van der Waals surface area contributed by atoms with Crippen LogP contribution in [0.1, 0.15) is 10.4 Å². The van der Waals surface area contributed by atoms with Crippen molar-refractivity contribution in [3.05, 3.63) is 67.2 Å². The molecule has 0 fully saturated rings. The highest BCUT2D eigenvalue weighted by Crippen LogP contribution is 2.30. The number of nitrogens with one attached hydrogen (secondary N) is 1. The maximum absolute atomic E-state index is 12.3.